The van der Waals surface area contributed by atoms with Crippen molar-refractivity contribution in [1.29, 1.82) is 0 Å². The van der Waals surface area contributed by atoms with E-state index < -0.39 is 12.0 Å². The van der Waals surface area contributed by atoms with Crippen molar-refractivity contribution in [2.24, 2.45) is 0 Å². The van der Waals surface area contributed by atoms with Crippen LogP contribution in [0.2, 0.25) is 0 Å². The number of hydrogen-bond acceptors (Lipinski definition) is 4. The smallest absolute Gasteiger partial charge is 0.320 e. The fraction of sp³-hybridized carbons (Fsp3) is 0.579. The highest BCUT2D eigenvalue weighted by Gasteiger charge is 2.29. The lowest BCUT2D eigenvalue weighted by atomic mass is 10.0. The predicted octanol–water partition coefficient (Wildman–Crippen LogP) is 2.07. The number of hydrogen-bond donors (Lipinski definition) is 2. The van der Waals surface area contributed by atoms with Gasteiger partial charge in [0.2, 0.25) is 5.91 Å². The van der Waals surface area contributed by atoms with Gasteiger partial charge >= 0.3 is 5.97 Å². The molecule has 0 bridgehead atoms. The van der Waals surface area contributed by atoms with E-state index in [0.29, 0.717) is 19.5 Å². The monoisotopic (exact) mass is 348 g/mol. The molecular weight excluding hydrogens is 320 g/mol. The number of carbonyl (C=O) groups is 2. The highest BCUT2D eigenvalue weighted by molar-refractivity contribution is 5.80. The summed E-state index contributed by atoms with van der Waals surface area (Å²) < 4.78 is 5.60. The Morgan fingerprint density at radius 2 is 2.00 bits per heavy atom. The molecule has 0 radical (unpaired) electrons. The van der Waals surface area contributed by atoms with Gasteiger partial charge in [0.05, 0.1) is 12.6 Å². The van der Waals surface area contributed by atoms with Crippen molar-refractivity contribution in [3.63, 3.8) is 0 Å². The van der Waals surface area contributed by atoms with Crippen LogP contribution in [0, 0.1) is 0 Å². The fourth-order valence-electron chi connectivity index (χ4n) is 3.05. The number of ether oxygens (including phenoxy) is 1. The van der Waals surface area contributed by atoms with Crippen molar-refractivity contribution in [1.82, 2.24) is 10.2 Å². The molecule has 6 heteroatoms. The van der Waals surface area contributed by atoms with Gasteiger partial charge in [-0.15, -0.1) is 0 Å². The quantitative estimate of drug-likeness (QED) is 0.752. The second kappa shape index (κ2) is 9.42. The van der Waals surface area contributed by atoms with E-state index in [9.17, 15) is 14.7 Å². The molecule has 1 atom stereocenters. The van der Waals surface area contributed by atoms with Gasteiger partial charge in [0.1, 0.15) is 11.8 Å². The number of carboxylic acids is 1. The fourth-order valence-corrected chi connectivity index (χ4v) is 3.05. The van der Waals surface area contributed by atoms with Crippen LogP contribution in [0.1, 0.15) is 38.7 Å². The molecule has 25 heavy (non-hydrogen) atoms. The Bertz CT molecular complexity index is 571. The molecule has 0 aliphatic carbocycles. The summed E-state index contributed by atoms with van der Waals surface area (Å²) in [5.74, 6) is -0.114. The Balaban J connectivity index is 1.73. The lowest BCUT2D eigenvalue weighted by Crippen LogP contribution is -2.49. The molecule has 0 spiro atoms. The molecule has 2 N–H and O–H groups in total. The summed E-state index contributed by atoms with van der Waals surface area (Å²) >= 11 is 0. The van der Waals surface area contributed by atoms with E-state index in [0.717, 1.165) is 30.6 Å². The SMILES string of the molecule is CC(C)Oc1ccc(CCNC(=O)CN2CCCCC2C(=O)O)cc1. The van der Waals surface area contributed by atoms with E-state index in [-0.39, 0.29) is 18.6 Å². The minimum Gasteiger partial charge on any atom is -0.491 e. The minimum atomic E-state index is -0.837. The average molecular weight is 348 g/mol. The molecule has 1 aromatic rings. The Kier molecular flexibility index (Phi) is 7.25. The van der Waals surface area contributed by atoms with Crippen LogP contribution in [-0.4, -0.2) is 53.7 Å². The summed E-state index contributed by atoms with van der Waals surface area (Å²) in [4.78, 5) is 25.1. The molecule has 1 aliphatic rings. The Labute approximate surface area is 149 Å². The average Bonchev–Trinajstić information content (AvgIpc) is 2.56. The third-order valence-electron chi connectivity index (χ3n) is 4.28. The number of rotatable bonds is 8. The first-order valence-electron chi connectivity index (χ1n) is 8.95. The normalized spacial score (nSPS) is 18.1. The van der Waals surface area contributed by atoms with Gasteiger partial charge in [-0.3, -0.25) is 14.5 Å². The highest BCUT2D eigenvalue weighted by Crippen LogP contribution is 2.17. The summed E-state index contributed by atoms with van der Waals surface area (Å²) in [6, 6.07) is 7.32. The summed E-state index contributed by atoms with van der Waals surface area (Å²) in [7, 11) is 0. The summed E-state index contributed by atoms with van der Waals surface area (Å²) in [6.45, 7) is 5.33. The van der Waals surface area contributed by atoms with Crippen LogP contribution in [0.4, 0.5) is 0 Å². The maximum absolute atomic E-state index is 12.1. The zero-order valence-electron chi connectivity index (χ0n) is 15.0. The van der Waals surface area contributed by atoms with Crippen molar-refractivity contribution < 1.29 is 19.4 Å². The van der Waals surface area contributed by atoms with Crippen molar-refractivity contribution in [3.05, 3.63) is 29.8 Å². The van der Waals surface area contributed by atoms with Crippen molar-refractivity contribution in [3.8, 4) is 5.75 Å². The van der Waals surface area contributed by atoms with Gasteiger partial charge < -0.3 is 15.2 Å². The standard InChI is InChI=1S/C19H28N2O4/c1-14(2)25-16-8-6-15(7-9-16)10-11-20-18(22)13-21-12-4-3-5-17(21)19(23)24/h6-9,14,17H,3-5,10-13H2,1-2H3,(H,20,22)(H,23,24). The third kappa shape index (κ3) is 6.38. The van der Waals surface area contributed by atoms with Gasteiger partial charge in [-0.25, -0.2) is 0 Å². The van der Waals surface area contributed by atoms with Gasteiger partial charge in [-0.1, -0.05) is 18.6 Å². The zero-order chi connectivity index (χ0) is 18.2. The Morgan fingerprint density at radius 1 is 1.28 bits per heavy atom. The van der Waals surface area contributed by atoms with Crippen LogP contribution < -0.4 is 10.1 Å². The van der Waals surface area contributed by atoms with Crippen LogP contribution in [0.25, 0.3) is 0 Å². The number of nitrogens with zero attached hydrogens (tertiary/aromatic N) is 1. The molecule has 138 valence electrons. The van der Waals surface area contributed by atoms with Crippen LogP contribution in [-0.2, 0) is 16.0 Å². The molecule has 1 saturated heterocycles. The van der Waals surface area contributed by atoms with E-state index in [1.165, 1.54) is 0 Å². The predicted molar refractivity (Wildman–Crippen MR) is 95.8 cm³/mol. The van der Waals surface area contributed by atoms with Crippen LogP contribution in [0.3, 0.4) is 0 Å². The second-order valence-electron chi connectivity index (χ2n) is 6.73. The number of likely N-dealkylation sites (tertiary alicyclic amines) is 1. The molecule has 1 aromatic carbocycles. The van der Waals surface area contributed by atoms with Crippen LogP contribution in [0.5, 0.6) is 5.75 Å². The maximum atomic E-state index is 12.1. The van der Waals surface area contributed by atoms with Crippen LogP contribution >= 0.6 is 0 Å². The number of benzene rings is 1. The molecular formula is C19H28N2O4. The number of piperidine rings is 1. The van der Waals surface area contributed by atoms with E-state index in [2.05, 4.69) is 5.32 Å². The van der Waals surface area contributed by atoms with Gasteiger partial charge in [-0.05, 0) is 57.4 Å². The molecule has 2 rings (SSSR count). The number of carbonyl (C=O) groups excluding carboxylic acids is 1. The van der Waals surface area contributed by atoms with E-state index in [4.69, 9.17) is 4.74 Å². The number of amides is 1. The number of carboxylic acid groups (broad SMARTS) is 1. The summed E-state index contributed by atoms with van der Waals surface area (Å²) in [5.41, 5.74) is 1.12. The molecule has 1 aliphatic heterocycles. The van der Waals surface area contributed by atoms with Gasteiger partial charge in [0, 0.05) is 6.54 Å². The molecule has 1 amide bonds. The van der Waals surface area contributed by atoms with Gasteiger partial charge in [-0.2, -0.15) is 0 Å². The number of aliphatic carboxylic acids is 1. The molecule has 1 heterocycles. The highest BCUT2D eigenvalue weighted by atomic mass is 16.5. The summed E-state index contributed by atoms with van der Waals surface area (Å²) in [6.07, 6.45) is 3.35. The lowest BCUT2D eigenvalue weighted by molar-refractivity contribution is -0.145. The minimum absolute atomic E-state index is 0.118. The van der Waals surface area contributed by atoms with Crippen molar-refractivity contribution >= 4 is 11.9 Å². The molecule has 1 fully saturated rings. The lowest BCUT2D eigenvalue weighted by Gasteiger charge is -2.32. The van der Waals surface area contributed by atoms with Crippen molar-refractivity contribution in [2.45, 2.75) is 51.7 Å². The molecule has 6 nitrogen and oxygen atoms in total. The largest absolute Gasteiger partial charge is 0.491 e. The van der Waals surface area contributed by atoms with E-state index in [1.807, 2.05) is 38.1 Å². The van der Waals surface area contributed by atoms with Crippen LogP contribution in [0.15, 0.2) is 24.3 Å². The first-order chi connectivity index (χ1) is 12.0. The third-order valence-corrected chi connectivity index (χ3v) is 4.28. The first-order valence-corrected chi connectivity index (χ1v) is 8.95. The Hall–Kier alpha value is -2.08. The van der Waals surface area contributed by atoms with Gasteiger partial charge in [0.25, 0.3) is 0 Å². The van der Waals surface area contributed by atoms with Crippen molar-refractivity contribution in [2.75, 3.05) is 19.6 Å². The molecule has 0 aromatic heterocycles. The topological polar surface area (TPSA) is 78.9 Å². The second-order valence-corrected chi connectivity index (χ2v) is 6.73. The first kappa shape index (κ1) is 19.2. The zero-order valence-corrected chi connectivity index (χ0v) is 15.0. The summed E-state index contributed by atoms with van der Waals surface area (Å²) in [5, 5.41) is 12.1. The Morgan fingerprint density at radius 3 is 2.64 bits per heavy atom. The van der Waals surface area contributed by atoms with E-state index >= 15 is 0 Å². The molecule has 0 saturated carbocycles. The van der Waals surface area contributed by atoms with Gasteiger partial charge in [0.15, 0.2) is 0 Å². The molecule has 1 unspecified atom stereocenters. The maximum Gasteiger partial charge on any atom is 0.320 e. The van der Waals surface area contributed by atoms with E-state index in [1.54, 1.807) is 4.90 Å². The number of nitrogens with one attached hydrogen (secondary N) is 1.